The Bertz CT molecular complexity index is 694. The van der Waals surface area contributed by atoms with Crippen molar-refractivity contribution in [2.24, 2.45) is 0 Å². The second kappa shape index (κ2) is 7.09. The van der Waals surface area contributed by atoms with Crippen molar-refractivity contribution in [2.75, 3.05) is 14.1 Å². The molecule has 2 rings (SSSR count). The standard InChI is InChI=1S/C17H17ClN2O2/c1-12-8-9-13(10-19-12)22-16(11-20(2)3)17(21)14-6-4-5-7-15(14)18/h4-11H,1-3H3/b16-11-. The molecule has 1 aromatic heterocycles. The summed E-state index contributed by atoms with van der Waals surface area (Å²) in [5.41, 5.74) is 1.28. The molecule has 0 saturated heterocycles. The summed E-state index contributed by atoms with van der Waals surface area (Å²) >= 11 is 6.09. The number of rotatable bonds is 5. The number of benzene rings is 1. The molecule has 0 amide bonds. The van der Waals surface area contributed by atoms with Gasteiger partial charge in [-0.2, -0.15) is 0 Å². The van der Waals surface area contributed by atoms with Crippen LogP contribution in [0.15, 0.2) is 54.6 Å². The fourth-order valence-electron chi connectivity index (χ4n) is 1.79. The highest BCUT2D eigenvalue weighted by Crippen LogP contribution is 2.21. The van der Waals surface area contributed by atoms with Crippen molar-refractivity contribution in [3.63, 3.8) is 0 Å². The second-order valence-electron chi connectivity index (χ2n) is 5.00. The minimum Gasteiger partial charge on any atom is -0.450 e. The van der Waals surface area contributed by atoms with Gasteiger partial charge in [0, 0.05) is 31.6 Å². The van der Waals surface area contributed by atoms with E-state index in [2.05, 4.69) is 4.98 Å². The number of hydrogen-bond donors (Lipinski definition) is 0. The van der Waals surface area contributed by atoms with Gasteiger partial charge in [0.15, 0.2) is 5.76 Å². The van der Waals surface area contributed by atoms with Crippen LogP contribution >= 0.6 is 11.6 Å². The number of aromatic nitrogens is 1. The summed E-state index contributed by atoms with van der Waals surface area (Å²) < 4.78 is 5.70. The summed E-state index contributed by atoms with van der Waals surface area (Å²) in [6.45, 7) is 1.88. The quantitative estimate of drug-likeness (QED) is 0.479. The summed E-state index contributed by atoms with van der Waals surface area (Å²) in [5.74, 6) is 0.405. The molecule has 0 aliphatic carbocycles. The predicted molar refractivity (Wildman–Crippen MR) is 87.2 cm³/mol. The van der Waals surface area contributed by atoms with E-state index in [-0.39, 0.29) is 11.5 Å². The molecule has 0 saturated carbocycles. The van der Waals surface area contributed by atoms with Crippen LogP contribution < -0.4 is 4.74 Å². The van der Waals surface area contributed by atoms with Gasteiger partial charge in [0.05, 0.1) is 11.2 Å². The normalized spacial score (nSPS) is 11.2. The molecule has 114 valence electrons. The lowest BCUT2D eigenvalue weighted by Crippen LogP contribution is -2.15. The molecule has 22 heavy (non-hydrogen) atoms. The highest BCUT2D eigenvalue weighted by Gasteiger charge is 2.18. The van der Waals surface area contributed by atoms with E-state index in [0.29, 0.717) is 16.3 Å². The summed E-state index contributed by atoms with van der Waals surface area (Å²) in [6, 6.07) is 10.5. The summed E-state index contributed by atoms with van der Waals surface area (Å²) in [7, 11) is 3.63. The van der Waals surface area contributed by atoms with Crippen molar-refractivity contribution in [1.29, 1.82) is 0 Å². The van der Waals surface area contributed by atoms with E-state index < -0.39 is 0 Å². The van der Waals surface area contributed by atoms with Crippen LogP contribution in [0.3, 0.4) is 0 Å². The van der Waals surface area contributed by atoms with Crippen molar-refractivity contribution in [3.8, 4) is 5.75 Å². The van der Waals surface area contributed by atoms with Crippen molar-refractivity contribution in [1.82, 2.24) is 9.88 Å². The molecule has 4 nitrogen and oxygen atoms in total. The molecule has 5 heteroatoms. The zero-order chi connectivity index (χ0) is 16.1. The van der Waals surface area contributed by atoms with Gasteiger partial charge >= 0.3 is 0 Å². The molecule has 1 heterocycles. The van der Waals surface area contributed by atoms with Crippen molar-refractivity contribution in [3.05, 3.63) is 70.8 Å². The molecule has 0 unspecified atom stereocenters. The van der Waals surface area contributed by atoms with Crippen LogP contribution in [0.5, 0.6) is 5.75 Å². The van der Waals surface area contributed by atoms with Crippen LogP contribution in [0, 0.1) is 6.92 Å². The number of aryl methyl sites for hydroxylation is 1. The maximum absolute atomic E-state index is 12.6. The van der Waals surface area contributed by atoms with Gasteiger partial charge < -0.3 is 9.64 Å². The van der Waals surface area contributed by atoms with E-state index in [0.717, 1.165) is 5.69 Å². The molecular formula is C17H17ClN2O2. The van der Waals surface area contributed by atoms with Gasteiger partial charge in [-0.05, 0) is 31.2 Å². The Morgan fingerprint density at radius 1 is 1.23 bits per heavy atom. The van der Waals surface area contributed by atoms with Crippen molar-refractivity contribution in [2.45, 2.75) is 6.92 Å². The number of Topliss-reactive ketones (excluding diaryl/α,β-unsaturated/α-hetero) is 1. The first kappa shape index (κ1) is 16.0. The maximum Gasteiger partial charge on any atom is 0.231 e. The number of halogens is 1. The number of carbonyl (C=O) groups excluding carboxylic acids is 1. The first-order chi connectivity index (χ1) is 10.5. The molecule has 0 N–H and O–H groups in total. The van der Waals surface area contributed by atoms with E-state index in [4.69, 9.17) is 16.3 Å². The number of carbonyl (C=O) groups is 1. The van der Waals surface area contributed by atoms with E-state index in [1.165, 1.54) is 0 Å². The molecule has 2 aromatic rings. The first-order valence-corrected chi connectivity index (χ1v) is 7.13. The third-order valence-corrected chi connectivity index (χ3v) is 3.16. The Kier molecular flexibility index (Phi) is 5.17. The average Bonchev–Trinajstić information content (AvgIpc) is 2.48. The van der Waals surface area contributed by atoms with Crippen LogP contribution in [-0.4, -0.2) is 29.8 Å². The predicted octanol–water partition coefficient (Wildman–Crippen LogP) is 3.71. The van der Waals surface area contributed by atoms with Crippen molar-refractivity contribution < 1.29 is 9.53 Å². The number of allylic oxidation sites excluding steroid dienone is 1. The monoisotopic (exact) mass is 316 g/mol. The van der Waals surface area contributed by atoms with Crippen LogP contribution in [0.4, 0.5) is 0 Å². The number of hydrogen-bond acceptors (Lipinski definition) is 4. The third kappa shape index (κ3) is 4.09. The number of ketones is 1. The smallest absolute Gasteiger partial charge is 0.231 e. The van der Waals surface area contributed by atoms with E-state index in [1.807, 2.05) is 27.1 Å². The summed E-state index contributed by atoms with van der Waals surface area (Å²) in [4.78, 5) is 18.5. The zero-order valence-electron chi connectivity index (χ0n) is 12.7. The van der Waals surface area contributed by atoms with Gasteiger partial charge in [-0.25, -0.2) is 0 Å². The molecule has 0 atom stereocenters. The van der Waals surface area contributed by atoms with Gasteiger partial charge in [-0.3, -0.25) is 9.78 Å². The largest absolute Gasteiger partial charge is 0.450 e. The minimum atomic E-state index is -0.278. The fraction of sp³-hybridized carbons (Fsp3) is 0.176. The number of ether oxygens (including phenoxy) is 1. The summed E-state index contributed by atoms with van der Waals surface area (Å²) in [5, 5.41) is 0.391. The summed E-state index contributed by atoms with van der Waals surface area (Å²) in [6.07, 6.45) is 3.20. The number of pyridine rings is 1. The Labute approximate surface area is 135 Å². The Balaban J connectivity index is 2.33. The van der Waals surface area contributed by atoms with Gasteiger partial charge in [-0.15, -0.1) is 0 Å². The van der Waals surface area contributed by atoms with E-state index >= 15 is 0 Å². The van der Waals surface area contributed by atoms with Crippen LogP contribution in [0.25, 0.3) is 0 Å². The first-order valence-electron chi connectivity index (χ1n) is 6.75. The van der Waals surface area contributed by atoms with Crippen LogP contribution in [-0.2, 0) is 0 Å². The zero-order valence-corrected chi connectivity index (χ0v) is 13.5. The molecule has 0 aliphatic rings. The Hall–Kier alpha value is -2.33. The third-order valence-electron chi connectivity index (χ3n) is 2.83. The van der Waals surface area contributed by atoms with Crippen LogP contribution in [0.2, 0.25) is 5.02 Å². The van der Waals surface area contributed by atoms with Gasteiger partial charge in [0.1, 0.15) is 5.75 Å². The molecule has 1 aromatic carbocycles. The van der Waals surface area contributed by atoms with Gasteiger partial charge in [0.25, 0.3) is 0 Å². The van der Waals surface area contributed by atoms with E-state index in [9.17, 15) is 4.79 Å². The molecule has 0 bridgehead atoms. The lowest BCUT2D eigenvalue weighted by Gasteiger charge is -2.13. The lowest BCUT2D eigenvalue weighted by atomic mass is 10.1. The average molecular weight is 317 g/mol. The molecule has 0 aliphatic heterocycles. The van der Waals surface area contributed by atoms with Crippen LogP contribution in [0.1, 0.15) is 16.1 Å². The SMILES string of the molecule is Cc1ccc(O/C(=C\N(C)C)C(=O)c2ccccc2Cl)cn1. The highest BCUT2D eigenvalue weighted by molar-refractivity contribution is 6.34. The Morgan fingerprint density at radius 3 is 2.55 bits per heavy atom. The lowest BCUT2D eigenvalue weighted by molar-refractivity contribution is 0.0982. The van der Waals surface area contributed by atoms with Gasteiger partial charge in [-0.1, -0.05) is 23.7 Å². The second-order valence-corrected chi connectivity index (χ2v) is 5.41. The fourth-order valence-corrected chi connectivity index (χ4v) is 2.01. The topological polar surface area (TPSA) is 42.4 Å². The highest BCUT2D eigenvalue weighted by atomic mass is 35.5. The Morgan fingerprint density at radius 2 is 1.95 bits per heavy atom. The number of nitrogens with zero attached hydrogens (tertiary/aromatic N) is 2. The minimum absolute atomic E-state index is 0.184. The van der Waals surface area contributed by atoms with E-state index in [1.54, 1.807) is 47.6 Å². The molecule has 0 spiro atoms. The maximum atomic E-state index is 12.6. The molecule has 0 fully saturated rings. The van der Waals surface area contributed by atoms with Gasteiger partial charge in [0.2, 0.25) is 5.78 Å². The molecular weight excluding hydrogens is 300 g/mol. The van der Waals surface area contributed by atoms with Crippen molar-refractivity contribution >= 4 is 17.4 Å². The molecule has 0 radical (unpaired) electrons.